The van der Waals surface area contributed by atoms with Crippen LogP contribution in [-0.4, -0.2) is 73.1 Å². The first-order valence-corrected chi connectivity index (χ1v) is 24.5. The molecule has 0 radical (unpaired) electrons. The number of likely N-dealkylation sites (tertiary alicyclic amines) is 1. The highest BCUT2D eigenvalue weighted by Gasteiger charge is 2.49. The molecule has 0 N–H and O–H groups in total. The van der Waals surface area contributed by atoms with Crippen molar-refractivity contribution >= 4 is 17.8 Å². The van der Waals surface area contributed by atoms with E-state index in [0.717, 1.165) is 89.9 Å². The summed E-state index contributed by atoms with van der Waals surface area (Å²) < 4.78 is 13.0. The van der Waals surface area contributed by atoms with Crippen molar-refractivity contribution < 1.29 is 23.9 Å². The first-order chi connectivity index (χ1) is 27.2. The van der Waals surface area contributed by atoms with Crippen molar-refractivity contribution in [3.8, 4) is 0 Å². The van der Waals surface area contributed by atoms with E-state index in [1.54, 1.807) is 0 Å². The molecule has 0 bridgehead atoms. The number of ether oxygens (including phenoxy) is 2. The lowest BCUT2D eigenvalue weighted by atomic mass is 9.80. The fraction of sp³-hybridized carbons (Fsp3) is 0.939. The van der Waals surface area contributed by atoms with Crippen LogP contribution in [0.3, 0.4) is 0 Å². The van der Waals surface area contributed by atoms with Crippen LogP contribution in [0.25, 0.3) is 0 Å². The number of carbonyl (C=O) groups is 3. The maximum atomic E-state index is 14.7. The summed E-state index contributed by atoms with van der Waals surface area (Å²) >= 11 is 0. The Morgan fingerprint density at radius 3 is 1.16 bits per heavy atom. The Bertz CT molecular complexity index is 880. The standard InChI is InChI=1S/C49H94N2O5/c1-8-13-17-21-25-29-33-44(34-30-26-22-18-14-9-2)55-47(53)49(12-5,40-37-46(52)51-41-38-43(39-42-51)50(6)7)48(54)56-45(35-31-27-23-19-15-10-3)36-32-28-24-20-16-11-4/h43-45H,8-42H2,1-7H3. The molecule has 0 atom stereocenters. The van der Waals surface area contributed by atoms with E-state index >= 15 is 0 Å². The predicted octanol–water partition coefficient (Wildman–Crippen LogP) is 13.5. The van der Waals surface area contributed by atoms with Crippen molar-refractivity contribution in [3.63, 3.8) is 0 Å². The summed E-state index contributed by atoms with van der Waals surface area (Å²) in [5, 5.41) is 0. The zero-order chi connectivity index (χ0) is 41.3. The SMILES string of the molecule is CCCCCCCCC(CCCCCCCC)OC(=O)C(CC)(CCC(=O)N1CCC(N(C)C)CC1)C(=O)OC(CCCCCCCC)CCCCCCCC. The van der Waals surface area contributed by atoms with Gasteiger partial charge in [0, 0.05) is 25.6 Å². The van der Waals surface area contributed by atoms with Gasteiger partial charge in [0.05, 0.1) is 0 Å². The lowest BCUT2D eigenvalue weighted by molar-refractivity contribution is -0.181. The predicted molar refractivity (Wildman–Crippen MR) is 237 cm³/mol. The summed E-state index contributed by atoms with van der Waals surface area (Å²) in [4.78, 5) is 47.2. The maximum absolute atomic E-state index is 14.7. The molecule has 0 saturated carbocycles. The molecule has 1 aliphatic rings. The lowest BCUT2D eigenvalue weighted by Gasteiger charge is -2.36. The Balaban J connectivity index is 3.24. The van der Waals surface area contributed by atoms with Crippen molar-refractivity contribution in [2.24, 2.45) is 5.41 Å². The van der Waals surface area contributed by atoms with Crippen molar-refractivity contribution in [1.29, 1.82) is 0 Å². The van der Waals surface area contributed by atoms with Crippen LogP contribution in [0, 0.1) is 5.41 Å². The van der Waals surface area contributed by atoms with Gasteiger partial charge < -0.3 is 19.3 Å². The number of unbranched alkanes of at least 4 members (excludes halogenated alkanes) is 20. The van der Waals surface area contributed by atoms with E-state index in [1.165, 1.54) is 103 Å². The van der Waals surface area contributed by atoms with Crippen LogP contribution < -0.4 is 0 Å². The van der Waals surface area contributed by atoms with Gasteiger partial charge in [-0.3, -0.25) is 14.4 Å². The molecule has 1 heterocycles. The molecular weight excluding hydrogens is 697 g/mol. The van der Waals surface area contributed by atoms with Crippen LogP contribution in [0.4, 0.5) is 0 Å². The minimum atomic E-state index is -1.47. The van der Waals surface area contributed by atoms with Gasteiger partial charge in [-0.25, -0.2) is 0 Å². The van der Waals surface area contributed by atoms with Gasteiger partial charge in [-0.05, 0) is 91.1 Å². The van der Waals surface area contributed by atoms with E-state index in [2.05, 4.69) is 46.7 Å². The number of carbonyl (C=O) groups excluding carboxylic acids is 3. The van der Waals surface area contributed by atoms with Crippen LogP contribution in [0.2, 0.25) is 0 Å². The van der Waals surface area contributed by atoms with Crippen LogP contribution in [0.5, 0.6) is 0 Å². The molecule has 1 aliphatic heterocycles. The van der Waals surface area contributed by atoms with E-state index in [9.17, 15) is 14.4 Å². The van der Waals surface area contributed by atoms with E-state index in [4.69, 9.17) is 9.47 Å². The molecule has 7 nitrogen and oxygen atoms in total. The summed E-state index contributed by atoms with van der Waals surface area (Å²) in [6.45, 7) is 12.3. The molecule has 330 valence electrons. The molecule has 0 aromatic carbocycles. The van der Waals surface area contributed by atoms with Crippen LogP contribution in [0.1, 0.15) is 247 Å². The van der Waals surface area contributed by atoms with Gasteiger partial charge >= 0.3 is 11.9 Å². The fourth-order valence-electron chi connectivity index (χ4n) is 8.53. The number of hydrogen-bond acceptors (Lipinski definition) is 6. The summed E-state index contributed by atoms with van der Waals surface area (Å²) in [5.74, 6) is -0.875. The Morgan fingerprint density at radius 1 is 0.536 bits per heavy atom. The first kappa shape index (κ1) is 52.4. The van der Waals surface area contributed by atoms with Gasteiger partial charge in [-0.2, -0.15) is 0 Å². The zero-order valence-corrected chi connectivity index (χ0v) is 38.4. The summed E-state index contributed by atoms with van der Waals surface area (Å²) in [5.41, 5.74) is -1.47. The first-order valence-electron chi connectivity index (χ1n) is 24.5. The summed E-state index contributed by atoms with van der Waals surface area (Å²) in [6, 6.07) is 0.476. The zero-order valence-electron chi connectivity index (χ0n) is 38.4. The fourth-order valence-corrected chi connectivity index (χ4v) is 8.53. The molecule has 1 fully saturated rings. The molecule has 56 heavy (non-hydrogen) atoms. The van der Waals surface area contributed by atoms with Gasteiger partial charge in [0.1, 0.15) is 12.2 Å². The maximum Gasteiger partial charge on any atom is 0.323 e. The van der Waals surface area contributed by atoms with Gasteiger partial charge in [0.25, 0.3) is 0 Å². The highest BCUT2D eigenvalue weighted by molar-refractivity contribution is 6.00. The topological polar surface area (TPSA) is 76.2 Å². The number of nitrogens with zero attached hydrogens (tertiary/aromatic N) is 2. The quantitative estimate of drug-likeness (QED) is 0.0354. The highest BCUT2D eigenvalue weighted by Crippen LogP contribution is 2.35. The van der Waals surface area contributed by atoms with Gasteiger partial charge in [0.2, 0.25) is 5.91 Å². The Hall–Kier alpha value is -1.63. The third kappa shape index (κ3) is 23.1. The number of amides is 1. The second-order valence-electron chi connectivity index (χ2n) is 17.8. The Kier molecular flexibility index (Phi) is 32.0. The Labute approximate surface area is 347 Å². The number of piperidine rings is 1. The molecule has 0 aromatic rings. The summed E-state index contributed by atoms with van der Waals surface area (Å²) in [6.07, 6.45) is 33.9. The number of hydrogen-bond donors (Lipinski definition) is 0. The molecule has 0 spiro atoms. The number of rotatable bonds is 37. The van der Waals surface area contributed by atoms with E-state index in [-0.39, 0.29) is 37.4 Å². The molecule has 0 aromatic heterocycles. The molecule has 0 aliphatic carbocycles. The van der Waals surface area contributed by atoms with Crippen LogP contribution in [0.15, 0.2) is 0 Å². The molecule has 1 rings (SSSR count). The van der Waals surface area contributed by atoms with E-state index < -0.39 is 17.4 Å². The summed E-state index contributed by atoms with van der Waals surface area (Å²) in [7, 11) is 4.21. The van der Waals surface area contributed by atoms with Crippen molar-refractivity contribution in [2.45, 2.75) is 265 Å². The van der Waals surface area contributed by atoms with Crippen molar-refractivity contribution in [1.82, 2.24) is 9.80 Å². The van der Waals surface area contributed by atoms with Gasteiger partial charge in [-0.15, -0.1) is 0 Å². The average Bonchev–Trinajstić information content (AvgIpc) is 3.20. The van der Waals surface area contributed by atoms with Crippen LogP contribution >= 0.6 is 0 Å². The normalized spacial score (nSPS) is 14.0. The minimum absolute atomic E-state index is 0.0343. The highest BCUT2D eigenvalue weighted by atomic mass is 16.6. The smallest absolute Gasteiger partial charge is 0.323 e. The molecule has 1 amide bonds. The van der Waals surface area contributed by atoms with Gasteiger partial charge in [0.15, 0.2) is 5.41 Å². The second kappa shape index (κ2) is 34.3. The van der Waals surface area contributed by atoms with Crippen molar-refractivity contribution in [3.05, 3.63) is 0 Å². The second-order valence-corrected chi connectivity index (χ2v) is 17.8. The largest absolute Gasteiger partial charge is 0.462 e. The minimum Gasteiger partial charge on any atom is -0.462 e. The monoisotopic (exact) mass is 791 g/mol. The molecule has 0 unspecified atom stereocenters. The Morgan fingerprint density at radius 2 is 0.857 bits per heavy atom. The van der Waals surface area contributed by atoms with E-state index in [1.807, 2.05) is 11.8 Å². The molecular formula is C49H94N2O5. The average molecular weight is 791 g/mol. The number of esters is 2. The third-order valence-corrected chi connectivity index (χ3v) is 12.8. The van der Waals surface area contributed by atoms with Crippen LogP contribution in [-0.2, 0) is 23.9 Å². The molecule has 1 saturated heterocycles. The molecule has 7 heteroatoms. The van der Waals surface area contributed by atoms with Gasteiger partial charge in [-0.1, -0.05) is 163 Å². The van der Waals surface area contributed by atoms with Crippen molar-refractivity contribution in [2.75, 3.05) is 27.2 Å². The lowest BCUT2D eigenvalue weighted by Crippen LogP contribution is -2.47. The third-order valence-electron chi connectivity index (χ3n) is 12.8. The van der Waals surface area contributed by atoms with E-state index in [0.29, 0.717) is 19.1 Å².